The van der Waals surface area contributed by atoms with Crippen molar-refractivity contribution in [2.75, 3.05) is 0 Å². The van der Waals surface area contributed by atoms with Crippen molar-refractivity contribution in [3.8, 4) is 0 Å². The molecule has 0 spiro atoms. The molecule has 15 heavy (non-hydrogen) atoms. The average molecular weight is 336 g/mol. The highest BCUT2D eigenvalue weighted by Gasteiger charge is 2.39. The van der Waals surface area contributed by atoms with Crippen LogP contribution in [0.1, 0.15) is 52.4 Å². The lowest BCUT2D eigenvalue weighted by Gasteiger charge is -2.21. The Kier molecular flexibility index (Phi) is 8.01. The normalized spacial score (nSPS) is 16.4. The van der Waals surface area contributed by atoms with Crippen LogP contribution in [0.15, 0.2) is 0 Å². The summed E-state index contributed by atoms with van der Waals surface area (Å²) in [6, 6.07) is 0. The standard InChI is InChI=1S/C11H20F3I/c1-3-4-5-6-7-8-10(15)9(2)11(12,13)14/h9-10H,3-8H2,1-2H3. The Morgan fingerprint density at radius 1 is 1.07 bits per heavy atom. The molecule has 0 aliphatic rings. The van der Waals surface area contributed by atoms with Gasteiger partial charge in [-0.15, -0.1) is 0 Å². The van der Waals surface area contributed by atoms with Crippen molar-refractivity contribution in [2.24, 2.45) is 5.92 Å². The van der Waals surface area contributed by atoms with E-state index in [1.165, 1.54) is 19.8 Å². The predicted molar refractivity (Wildman–Crippen MR) is 66.4 cm³/mol. The van der Waals surface area contributed by atoms with Gasteiger partial charge in [-0.05, 0) is 6.42 Å². The highest BCUT2D eigenvalue weighted by molar-refractivity contribution is 14.1. The summed E-state index contributed by atoms with van der Waals surface area (Å²) >= 11 is 1.93. The van der Waals surface area contributed by atoms with Gasteiger partial charge in [0.1, 0.15) is 0 Å². The van der Waals surface area contributed by atoms with Crippen molar-refractivity contribution in [2.45, 2.75) is 62.5 Å². The first kappa shape index (κ1) is 15.5. The lowest BCUT2D eigenvalue weighted by Crippen LogP contribution is -2.27. The molecule has 0 radical (unpaired) electrons. The van der Waals surface area contributed by atoms with Gasteiger partial charge in [0.05, 0.1) is 5.92 Å². The van der Waals surface area contributed by atoms with Crippen molar-refractivity contribution in [1.82, 2.24) is 0 Å². The molecule has 0 rings (SSSR count). The molecule has 2 unspecified atom stereocenters. The summed E-state index contributed by atoms with van der Waals surface area (Å²) in [5.41, 5.74) is 0. The van der Waals surface area contributed by atoms with Gasteiger partial charge < -0.3 is 0 Å². The zero-order valence-electron chi connectivity index (χ0n) is 9.41. The highest BCUT2D eigenvalue weighted by Crippen LogP contribution is 2.34. The molecule has 0 saturated heterocycles. The van der Waals surface area contributed by atoms with Gasteiger partial charge in [-0.25, -0.2) is 0 Å². The van der Waals surface area contributed by atoms with Crippen molar-refractivity contribution in [3.05, 3.63) is 0 Å². The van der Waals surface area contributed by atoms with E-state index in [2.05, 4.69) is 6.92 Å². The quantitative estimate of drug-likeness (QED) is 0.334. The van der Waals surface area contributed by atoms with Crippen molar-refractivity contribution in [1.29, 1.82) is 0 Å². The third kappa shape index (κ3) is 7.41. The maximum Gasteiger partial charge on any atom is 0.392 e. The molecule has 0 heterocycles. The van der Waals surface area contributed by atoms with E-state index < -0.39 is 12.1 Å². The highest BCUT2D eigenvalue weighted by atomic mass is 127. The summed E-state index contributed by atoms with van der Waals surface area (Å²) in [6.07, 6.45) is 2.17. The smallest absolute Gasteiger partial charge is 0.171 e. The zero-order valence-corrected chi connectivity index (χ0v) is 11.6. The summed E-state index contributed by atoms with van der Waals surface area (Å²) in [4.78, 5) is 0. The number of halogens is 4. The van der Waals surface area contributed by atoms with E-state index in [1.54, 1.807) is 0 Å². The number of alkyl halides is 4. The molecule has 0 aliphatic carbocycles. The molecule has 0 nitrogen and oxygen atoms in total. The van der Waals surface area contributed by atoms with Crippen molar-refractivity contribution in [3.63, 3.8) is 0 Å². The van der Waals surface area contributed by atoms with E-state index in [4.69, 9.17) is 0 Å². The summed E-state index contributed by atoms with van der Waals surface area (Å²) in [6.45, 7) is 3.41. The summed E-state index contributed by atoms with van der Waals surface area (Å²) in [7, 11) is 0. The molecule has 0 bridgehead atoms. The monoisotopic (exact) mass is 336 g/mol. The van der Waals surface area contributed by atoms with Crippen LogP contribution < -0.4 is 0 Å². The van der Waals surface area contributed by atoms with Crippen LogP contribution in [0.4, 0.5) is 13.2 Å². The number of hydrogen-bond acceptors (Lipinski definition) is 0. The minimum atomic E-state index is -4.03. The van der Waals surface area contributed by atoms with E-state index >= 15 is 0 Å². The molecule has 0 aromatic heterocycles. The second-order valence-electron chi connectivity index (χ2n) is 4.05. The Morgan fingerprint density at radius 3 is 2.07 bits per heavy atom. The molecule has 0 N–H and O–H groups in total. The SMILES string of the molecule is CCCCCCCC(I)C(C)C(F)(F)F. The predicted octanol–water partition coefficient (Wildman–Crippen LogP) is 5.35. The van der Waals surface area contributed by atoms with Crippen LogP contribution >= 0.6 is 22.6 Å². The van der Waals surface area contributed by atoms with E-state index in [0.717, 1.165) is 19.3 Å². The average Bonchev–Trinajstić information content (AvgIpc) is 2.14. The fourth-order valence-corrected chi connectivity index (χ4v) is 2.25. The lowest BCUT2D eigenvalue weighted by atomic mass is 10.0. The number of hydrogen-bond donors (Lipinski definition) is 0. The van der Waals surface area contributed by atoms with E-state index in [0.29, 0.717) is 6.42 Å². The molecule has 0 amide bonds. The van der Waals surface area contributed by atoms with Crippen LogP contribution in [0.3, 0.4) is 0 Å². The molecule has 2 atom stereocenters. The fourth-order valence-electron chi connectivity index (χ4n) is 1.40. The van der Waals surface area contributed by atoms with Gasteiger partial charge in [0.25, 0.3) is 0 Å². The summed E-state index contributed by atoms with van der Waals surface area (Å²) in [5, 5.41) is 0. The molecular weight excluding hydrogens is 316 g/mol. The van der Waals surface area contributed by atoms with Crippen LogP contribution in [0.2, 0.25) is 0 Å². The summed E-state index contributed by atoms with van der Waals surface area (Å²) < 4.78 is 36.7. The molecule has 0 aromatic rings. The molecular formula is C11H20F3I. The van der Waals surface area contributed by atoms with Crippen molar-refractivity contribution >= 4 is 22.6 Å². The number of rotatable bonds is 7. The lowest BCUT2D eigenvalue weighted by molar-refractivity contribution is -0.168. The topological polar surface area (TPSA) is 0 Å². The Balaban J connectivity index is 3.60. The van der Waals surface area contributed by atoms with Gasteiger partial charge in [-0.3, -0.25) is 0 Å². The largest absolute Gasteiger partial charge is 0.392 e. The van der Waals surface area contributed by atoms with Gasteiger partial charge in [0.2, 0.25) is 0 Å². The first-order valence-corrected chi connectivity index (χ1v) is 6.85. The van der Waals surface area contributed by atoms with Crippen LogP contribution in [0.25, 0.3) is 0 Å². The molecule has 0 saturated carbocycles. The van der Waals surface area contributed by atoms with Gasteiger partial charge in [-0.1, -0.05) is 68.5 Å². The van der Waals surface area contributed by atoms with E-state index in [-0.39, 0.29) is 3.92 Å². The number of unbranched alkanes of at least 4 members (excludes halogenated alkanes) is 4. The van der Waals surface area contributed by atoms with Gasteiger partial charge in [-0.2, -0.15) is 13.2 Å². The maximum absolute atomic E-state index is 12.3. The third-order valence-corrected chi connectivity index (χ3v) is 4.34. The first-order chi connectivity index (χ1) is 6.89. The minimum absolute atomic E-state index is 0.274. The Morgan fingerprint density at radius 2 is 1.60 bits per heavy atom. The van der Waals surface area contributed by atoms with Crippen molar-refractivity contribution < 1.29 is 13.2 Å². The summed E-state index contributed by atoms with van der Waals surface area (Å²) in [5.74, 6) is -1.18. The second kappa shape index (κ2) is 7.74. The molecule has 0 aliphatic heterocycles. The minimum Gasteiger partial charge on any atom is -0.171 e. The van der Waals surface area contributed by atoms with Gasteiger partial charge >= 0.3 is 6.18 Å². The molecule has 4 heteroatoms. The Hall–Kier alpha value is 0.520. The fraction of sp³-hybridized carbons (Fsp3) is 1.00. The molecule has 0 aromatic carbocycles. The van der Waals surface area contributed by atoms with Crippen LogP contribution in [0, 0.1) is 5.92 Å². The van der Waals surface area contributed by atoms with E-state index in [9.17, 15) is 13.2 Å². The van der Waals surface area contributed by atoms with Crippen LogP contribution in [-0.2, 0) is 0 Å². The van der Waals surface area contributed by atoms with Crippen LogP contribution in [0.5, 0.6) is 0 Å². The Bertz CT molecular complexity index is 156. The zero-order chi connectivity index (χ0) is 11.9. The van der Waals surface area contributed by atoms with Gasteiger partial charge in [0.15, 0.2) is 0 Å². The maximum atomic E-state index is 12.3. The third-order valence-electron chi connectivity index (χ3n) is 2.64. The molecule has 92 valence electrons. The Labute approximate surface area is 104 Å². The first-order valence-electron chi connectivity index (χ1n) is 5.60. The molecule has 0 fully saturated rings. The second-order valence-corrected chi connectivity index (χ2v) is 5.65. The van der Waals surface area contributed by atoms with Gasteiger partial charge in [0, 0.05) is 3.92 Å². The van der Waals surface area contributed by atoms with Crippen LogP contribution in [-0.4, -0.2) is 10.1 Å². The van der Waals surface area contributed by atoms with E-state index in [1.807, 2.05) is 22.6 Å².